The van der Waals surface area contributed by atoms with Gasteiger partial charge in [-0.05, 0) is 64.5 Å². The molecule has 0 saturated carbocycles. The van der Waals surface area contributed by atoms with E-state index in [0.29, 0.717) is 15.8 Å². The summed E-state index contributed by atoms with van der Waals surface area (Å²) < 4.78 is 6.13. The van der Waals surface area contributed by atoms with Crippen LogP contribution in [0.2, 0.25) is 0 Å². The number of hydrogen-bond donors (Lipinski definition) is 0. The van der Waals surface area contributed by atoms with E-state index in [1.165, 1.54) is 4.90 Å². The number of nitrogens with zero attached hydrogens (tertiary/aromatic N) is 2. The third kappa shape index (κ3) is 4.98. The number of amides is 2. The van der Waals surface area contributed by atoms with Gasteiger partial charge in [0, 0.05) is 15.8 Å². The lowest BCUT2D eigenvalue weighted by atomic mass is 10.2. The highest BCUT2D eigenvalue weighted by atomic mass is 79.9. The van der Waals surface area contributed by atoms with Crippen LogP contribution in [-0.4, -0.2) is 23.3 Å². The summed E-state index contributed by atoms with van der Waals surface area (Å²) in [5, 5.41) is 0. The van der Waals surface area contributed by atoms with Crippen molar-refractivity contribution in [1.82, 2.24) is 4.90 Å². The van der Waals surface area contributed by atoms with Gasteiger partial charge in [0.2, 0.25) is 0 Å². The van der Waals surface area contributed by atoms with Crippen LogP contribution in [0.3, 0.4) is 0 Å². The molecule has 4 aromatic rings. The van der Waals surface area contributed by atoms with Gasteiger partial charge in [0.25, 0.3) is 11.8 Å². The summed E-state index contributed by atoms with van der Waals surface area (Å²) >= 11 is 3.45. The summed E-state index contributed by atoms with van der Waals surface area (Å²) in [5.74, 6) is 0.113. The molecule has 160 valence electrons. The lowest BCUT2D eigenvalue weighted by molar-refractivity contribution is -0.118. The van der Waals surface area contributed by atoms with Crippen molar-refractivity contribution in [2.24, 2.45) is 0 Å². The molecule has 4 rings (SSSR count). The van der Waals surface area contributed by atoms with Gasteiger partial charge in [-0.25, -0.2) is 0 Å². The van der Waals surface area contributed by atoms with Crippen molar-refractivity contribution in [3.63, 3.8) is 0 Å². The average molecular weight is 489 g/mol. The van der Waals surface area contributed by atoms with Gasteiger partial charge in [0.15, 0.2) is 0 Å². The van der Waals surface area contributed by atoms with E-state index in [1.807, 2.05) is 66.7 Å². The smallest absolute Gasteiger partial charge is 0.255 e. The van der Waals surface area contributed by atoms with Gasteiger partial charge >= 0.3 is 0 Å². The van der Waals surface area contributed by atoms with Gasteiger partial charge in [0.05, 0.1) is 18.4 Å². The first-order chi connectivity index (χ1) is 15.6. The lowest BCUT2D eigenvalue weighted by Gasteiger charge is -2.28. The Bertz CT molecular complexity index is 1140. The van der Waals surface area contributed by atoms with Gasteiger partial charge in [-0.3, -0.25) is 14.5 Å². The summed E-state index contributed by atoms with van der Waals surface area (Å²) in [5.41, 5.74) is 1.95. The molecule has 32 heavy (non-hydrogen) atoms. The van der Waals surface area contributed by atoms with E-state index in [9.17, 15) is 9.59 Å². The molecule has 0 N–H and O–H groups in total. The fourth-order valence-electron chi connectivity index (χ4n) is 3.42. The van der Waals surface area contributed by atoms with Crippen molar-refractivity contribution < 1.29 is 14.0 Å². The number of benzene rings is 3. The Kier molecular flexibility index (Phi) is 6.82. The van der Waals surface area contributed by atoms with E-state index in [1.54, 1.807) is 41.5 Å². The summed E-state index contributed by atoms with van der Waals surface area (Å²) in [4.78, 5) is 30.1. The Morgan fingerprint density at radius 1 is 0.750 bits per heavy atom. The molecule has 1 aromatic heterocycles. The van der Waals surface area contributed by atoms with Crippen molar-refractivity contribution in [2.75, 3.05) is 11.4 Å². The second kappa shape index (κ2) is 10.1. The molecule has 0 atom stereocenters. The zero-order valence-corrected chi connectivity index (χ0v) is 18.8. The van der Waals surface area contributed by atoms with Crippen LogP contribution in [0.25, 0.3) is 0 Å². The standard InChI is InChI=1S/C26H21BrN2O3/c27-24-16-8-7-15-23(24)26(31)28(18-22-14-9-17-32-22)19-25(30)29(20-10-3-1-4-11-20)21-12-5-2-6-13-21/h1-17H,18-19H2. The van der Waals surface area contributed by atoms with Crippen LogP contribution in [0, 0.1) is 0 Å². The molecule has 0 fully saturated rings. The quantitative estimate of drug-likeness (QED) is 0.318. The predicted octanol–water partition coefficient (Wildman–Crippen LogP) is 6.05. The van der Waals surface area contributed by atoms with Crippen molar-refractivity contribution in [1.29, 1.82) is 0 Å². The van der Waals surface area contributed by atoms with Crippen LogP contribution >= 0.6 is 15.9 Å². The number of carbonyl (C=O) groups excluding carboxylic acids is 2. The molecule has 2 amide bonds. The highest BCUT2D eigenvalue weighted by Crippen LogP contribution is 2.26. The van der Waals surface area contributed by atoms with Crippen LogP contribution in [0.4, 0.5) is 11.4 Å². The molecule has 5 nitrogen and oxygen atoms in total. The van der Waals surface area contributed by atoms with E-state index >= 15 is 0 Å². The van der Waals surface area contributed by atoms with E-state index in [0.717, 1.165) is 11.4 Å². The molecular formula is C26H21BrN2O3. The van der Waals surface area contributed by atoms with Gasteiger partial charge in [0.1, 0.15) is 12.3 Å². The average Bonchev–Trinajstić information content (AvgIpc) is 3.33. The minimum absolute atomic E-state index is 0.120. The largest absolute Gasteiger partial charge is 0.467 e. The van der Waals surface area contributed by atoms with Crippen LogP contribution in [0.5, 0.6) is 0 Å². The highest BCUT2D eigenvalue weighted by molar-refractivity contribution is 9.10. The first-order valence-corrected chi connectivity index (χ1v) is 10.9. The van der Waals surface area contributed by atoms with Crippen LogP contribution < -0.4 is 4.90 Å². The van der Waals surface area contributed by atoms with Crippen molar-refractivity contribution >= 4 is 39.1 Å². The van der Waals surface area contributed by atoms with E-state index in [4.69, 9.17) is 4.42 Å². The number of para-hydroxylation sites is 2. The predicted molar refractivity (Wildman–Crippen MR) is 128 cm³/mol. The zero-order chi connectivity index (χ0) is 22.3. The SMILES string of the molecule is O=C(c1ccccc1Br)N(CC(=O)N(c1ccccc1)c1ccccc1)Cc1ccco1. The fraction of sp³-hybridized carbons (Fsp3) is 0.0769. The number of rotatable bonds is 7. The zero-order valence-electron chi connectivity index (χ0n) is 17.2. The first kappa shape index (κ1) is 21.6. The Morgan fingerprint density at radius 3 is 1.91 bits per heavy atom. The summed E-state index contributed by atoms with van der Waals surface area (Å²) in [7, 11) is 0. The van der Waals surface area contributed by atoms with Crippen molar-refractivity contribution in [2.45, 2.75) is 6.54 Å². The van der Waals surface area contributed by atoms with E-state index in [-0.39, 0.29) is 24.9 Å². The second-order valence-corrected chi connectivity index (χ2v) is 7.98. The number of furan rings is 1. The van der Waals surface area contributed by atoms with Crippen LogP contribution in [-0.2, 0) is 11.3 Å². The van der Waals surface area contributed by atoms with Crippen LogP contribution in [0.15, 0.2) is 112 Å². The molecule has 0 radical (unpaired) electrons. The summed E-state index contributed by atoms with van der Waals surface area (Å²) in [6.45, 7) is 0.0565. The van der Waals surface area contributed by atoms with E-state index < -0.39 is 0 Å². The number of carbonyl (C=O) groups is 2. The summed E-state index contributed by atoms with van der Waals surface area (Å²) in [6, 6.07) is 29.5. The molecule has 0 aliphatic heterocycles. The molecule has 6 heteroatoms. The third-order valence-corrected chi connectivity index (χ3v) is 5.61. The maximum Gasteiger partial charge on any atom is 0.255 e. The van der Waals surface area contributed by atoms with Crippen LogP contribution in [0.1, 0.15) is 16.1 Å². The molecule has 0 saturated heterocycles. The molecule has 0 spiro atoms. The topological polar surface area (TPSA) is 53.8 Å². The van der Waals surface area contributed by atoms with Crippen molar-refractivity contribution in [3.8, 4) is 0 Å². The minimum Gasteiger partial charge on any atom is -0.467 e. The lowest BCUT2D eigenvalue weighted by Crippen LogP contribution is -2.41. The molecule has 0 bridgehead atoms. The Morgan fingerprint density at radius 2 is 1.34 bits per heavy atom. The van der Waals surface area contributed by atoms with Gasteiger partial charge in [-0.2, -0.15) is 0 Å². The Balaban J connectivity index is 1.67. The maximum absolute atomic E-state index is 13.6. The number of hydrogen-bond acceptors (Lipinski definition) is 3. The minimum atomic E-state index is -0.261. The molecule has 3 aromatic carbocycles. The molecular weight excluding hydrogens is 468 g/mol. The molecule has 1 heterocycles. The van der Waals surface area contributed by atoms with E-state index in [2.05, 4.69) is 15.9 Å². The van der Waals surface area contributed by atoms with Gasteiger partial charge in [-0.15, -0.1) is 0 Å². The highest BCUT2D eigenvalue weighted by Gasteiger charge is 2.26. The Labute approximate surface area is 195 Å². The molecule has 0 unspecified atom stereocenters. The normalized spacial score (nSPS) is 10.5. The Hall–Kier alpha value is -3.64. The summed E-state index contributed by atoms with van der Waals surface area (Å²) in [6.07, 6.45) is 1.55. The molecule has 0 aliphatic carbocycles. The maximum atomic E-state index is 13.6. The van der Waals surface area contributed by atoms with Gasteiger partial charge < -0.3 is 9.32 Å². The monoisotopic (exact) mass is 488 g/mol. The van der Waals surface area contributed by atoms with Gasteiger partial charge in [-0.1, -0.05) is 48.5 Å². The molecule has 0 aliphatic rings. The van der Waals surface area contributed by atoms with Crippen molar-refractivity contribution in [3.05, 3.63) is 119 Å². The third-order valence-electron chi connectivity index (χ3n) is 4.92. The first-order valence-electron chi connectivity index (χ1n) is 10.1. The fourth-order valence-corrected chi connectivity index (χ4v) is 3.87. The number of anilines is 2. The number of halogens is 1. The second-order valence-electron chi connectivity index (χ2n) is 7.12.